The summed E-state index contributed by atoms with van der Waals surface area (Å²) in [7, 11) is 0. The van der Waals surface area contributed by atoms with E-state index in [4.69, 9.17) is 5.11 Å². The van der Waals surface area contributed by atoms with Gasteiger partial charge < -0.3 is 15.4 Å². The van der Waals surface area contributed by atoms with Crippen LogP contribution in [0.3, 0.4) is 0 Å². The van der Waals surface area contributed by atoms with Crippen LogP contribution in [-0.4, -0.2) is 22.0 Å². The summed E-state index contributed by atoms with van der Waals surface area (Å²) in [6.07, 6.45) is 1.73. The number of carbonyl (C=O) groups excluding carboxylic acids is 1. The molecule has 0 aliphatic carbocycles. The van der Waals surface area contributed by atoms with Gasteiger partial charge in [-0.05, 0) is 29.3 Å². The van der Waals surface area contributed by atoms with E-state index in [1.807, 2.05) is 16.8 Å². The van der Waals surface area contributed by atoms with Crippen LogP contribution >= 0.6 is 11.3 Å². The second-order valence-electron chi connectivity index (χ2n) is 3.86. The summed E-state index contributed by atoms with van der Waals surface area (Å²) in [5, 5.41) is 15.4. The predicted octanol–water partition coefficient (Wildman–Crippen LogP) is 2.26. The number of thiophene rings is 1. The van der Waals surface area contributed by atoms with Gasteiger partial charge in [-0.25, -0.2) is 4.79 Å². The molecule has 0 aliphatic heterocycles. The molecule has 2 aromatic rings. The molecule has 0 radical (unpaired) electrons. The van der Waals surface area contributed by atoms with Crippen LogP contribution in [0, 0.1) is 6.92 Å². The van der Waals surface area contributed by atoms with Crippen molar-refractivity contribution < 1.29 is 14.7 Å². The molecular formula is C12H12N2O3S. The van der Waals surface area contributed by atoms with Gasteiger partial charge in [0, 0.05) is 11.9 Å². The molecule has 5 nitrogen and oxygen atoms in total. The Balaban J connectivity index is 2.10. The topological polar surface area (TPSA) is 82.2 Å². The van der Waals surface area contributed by atoms with Crippen molar-refractivity contribution in [3.63, 3.8) is 0 Å². The number of H-pyrrole nitrogens is 1. The third-order valence-corrected chi connectivity index (χ3v) is 3.24. The Morgan fingerprint density at radius 2 is 2.28 bits per heavy atom. The third kappa shape index (κ3) is 2.60. The number of aromatic carboxylic acids is 1. The lowest BCUT2D eigenvalue weighted by Crippen LogP contribution is -2.15. The average Bonchev–Trinajstić information content (AvgIpc) is 2.88. The van der Waals surface area contributed by atoms with Gasteiger partial charge in [0.25, 0.3) is 0 Å². The van der Waals surface area contributed by atoms with Gasteiger partial charge in [-0.15, -0.1) is 0 Å². The number of aromatic nitrogens is 1. The summed E-state index contributed by atoms with van der Waals surface area (Å²) in [4.78, 5) is 25.6. The molecule has 18 heavy (non-hydrogen) atoms. The van der Waals surface area contributed by atoms with Gasteiger partial charge in [0.05, 0.1) is 12.1 Å². The van der Waals surface area contributed by atoms with Crippen LogP contribution in [0.15, 0.2) is 23.0 Å². The van der Waals surface area contributed by atoms with E-state index in [2.05, 4.69) is 10.3 Å². The highest BCUT2D eigenvalue weighted by atomic mass is 32.1. The fourth-order valence-electron chi connectivity index (χ4n) is 1.67. The van der Waals surface area contributed by atoms with Crippen LogP contribution in [-0.2, 0) is 11.2 Å². The number of carboxylic acids is 1. The van der Waals surface area contributed by atoms with Crippen molar-refractivity contribution in [2.45, 2.75) is 13.3 Å². The molecule has 0 bridgehead atoms. The van der Waals surface area contributed by atoms with Crippen molar-refractivity contribution in [2.75, 3.05) is 5.32 Å². The standard InChI is InChI=1S/C12H12N2O3S/c1-7-11(12(16)17)9(5-13-7)14-10(15)4-8-2-3-18-6-8/h2-3,5-6,13H,4H2,1H3,(H,14,15)(H,16,17). The fourth-order valence-corrected chi connectivity index (χ4v) is 2.34. The predicted molar refractivity (Wildman–Crippen MR) is 69.1 cm³/mol. The van der Waals surface area contributed by atoms with E-state index in [1.54, 1.807) is 6.92 Å². The van der Waals surface area contributed by atoms with E-state index >= 15 is 0 Å². The first-order valence-electron chi connectivity index (χ1n) is 5.30. The molecular weight excluding hydrogens is 252 g/mol. The zero-order chi connectivity index (χ0) is 13.1. The zero-order valence-corrected chi connectivity index (χ0v) is 10.5. The van der Waals surface area contributed by atoms with Crippen LogP contribution in [0.2, 0.25) is 0 Å². The van der Waals surface area contributed by atoms with Crippen molar-refractivity contribution >= 4 is 28.9 Å². The van der Waals surface area contributed by atoms with Gasteiger partial charge in [-0.1, -0.05) is 0 Å². The number of anilines is 1. The Morgan fingerprint density at radius 3 is 2.89 bits per heavy atom. The minimum atomic E-state index is -1.06. The van der Waals surface area contributed by atoms with E-state index in [1.165, 1.54) is 17.5 Å². The fraction of sp³-hybridized carbons (Fsp3) is 0.167. The van der Waals surface area contributed by atoms with Crippen molar-refractivity contribution in [1.82, 2.24) is 4.98 Å². The number of nitrogens with one attached hydrogen (secondary N) is 2. The van der Waals surface area contributed by atoms with Gasteiger partial charge in [0.1, 0.15) is 5.56 Å². The van der Waals surface area contributed by atoms with Crippen LogP contribution < -0.4 is 5.32 Å². The summed E-state index contributed by atoms with van der Waals surface area (Å²) in [5.41, 5.74) is 1.85. The normalized spacial score (nSPS) is 10.3. The Kier molecular flexibility index (Phi) is 3.47. The molecule has 2 heterocycles. The van der Waals surface area contributed by atoms with E-state index < -0.39 is 5.97 Å². The highest BCUT2D eigenvalue weighted by Gasteiger charge is 2.17. The Labute approximate surface area is 107 Å². The SMILES string of the molecule is Cc1[nH]cc(NC(=O)Cc2ccsc2)c1C(=O)O. The summed E-state index contributed by atoms with van der Waals surface area (Å²) in [6.45, 7) is 1.65. The monoisotopic (exact) mass is 264 g/mol. The quantitative estimate of drug-likeness (QED) is 0.792. The summed E-state index contributed by atoms with van der Waals surface area (Å²) in [5.74, 6) is -1.28. The minimum Gasteiger partial charge on any atom is -0.478 e. The number of aryl methyl sites for hydroxylation is 1. The number of hydrogen-bond donors (Lipinski definition) is 3. The van der Waals surface area contributed by atoms with E-state index in [-0.39, 0.29) is 17.9 Å². The second-order valence-corrected chi connectivity index (χ2v) is 4.64. The molecule has 6 heteroatoms. The highest BCUT2D eigenvalue weighted by Crippen LogP contribution is 2.19. The van der Waals surface area contributed by atoms with Gasteiger partial charge in [0.15, 0.2) is 0 Å². The number of carbonyl (C=O) groups is 2. The molecule has 0 aliphatic rings. The van der Waals surface area contributed by atoms with Gasteiger partial charge in [-0.2, -0.15) is 11.3 Å². The largest absolute Gasteiger partial charge is 0.478 e. The van der Waals surface area contributed by atoms with E-state index in [0.717, 1.165) is 5.56 Å². The lowest BCUT2D eigenvalue weighted by atomic mass is 10.2. The highest BCUT2D eigenvalue weighted by molar-refractivity contribution is 7.08. The molecule has 0 saturated heterocycles. The molecule has 0 saturated carbocycles. The van der Waals surface area contributed by atoms with Gasteiger partial charge in [-0.3, -0.25) is 4.79 Å². The minimum absolute atomic E-state index is 0.105. The Hall–Kier alpha value is -2.08. The first-order chi connectivity index (χ1) is 8.58. The summed E-state index contributed by atoms with van der Waals surface area (Å²) in [6, 6.07) is 1.87. The van der Waals surface area contributed by atoms with Crippen LogP contribution in [0.1, 0.15) is 21.6 Å². The molecule has 0 spiro atoms. The summed E-state index contributed by atoms with van der Waals surface area (Å²) >= 11 is 1.52. The molecule has 94 valence electrons. The lowest BCUT2D eigenvalue weighted by molar-refractivity contribution is -0.115. The van der Waals surface area contributed by atoms with Crippen molar-refractivity contribution in [1.29, 1.82) is 0 Å². The number of rotatable bonds is 4. The first kappa shape index (κ1) is 12.4. The second kappa shape index (κ2) is 5.05. The maximum absolute atomic E-state index is 11.8. The summed E-state index contributed by atoms with van der Waals surface area (Å²) < 4.78 is 0. The maximum Gasteiger partial charge on any atom is 0.339 e. The molecule has 2 aromatic heterocycles. The smallest absolute Gasteiger partial charge is 0.339 e. The first-order valence-corrected chi connectivity index (χ1v) is 6.24. The maximum atomic E-state index is 11.8. The van der Waals surface area contributed by atoms with E-state index in [0.29, 0.717) is 11.4 Å². The number of aromatic amines is 1. The van der Waals surface area contributed by atoms with Crippen LogP contribution in [0.25, 0.3) is 0 Å². The van der Waals surface area contributed by atoms with Crippen LogP contribution in [0.5, 0.6) is 0 Å². The Bertz CT molecular complexity index is 572. The number of amides is 1. The van der Waals surface area contributed by atoms with E-state index in [9.17, 15) is 9.59 Å². The van der Waals surface area contributed by atoms with Gasteiger partial charge in [0.2, 0.25) is 5.91 Å². The molecule has 3 N–H and O–H groups in total. The van der Waals surface area contributed by atoms with Crippen molar-refractivity contribution in [3.8, 4) is 0 Å². The molecule has 0 atom stereocenters. The third-order valence-electron chi connectivity index (χ3n) is 2.51. The molecule has 1 amide bonds. The van der Waals surface area contributed by atoms with Crippen LogP contribution in [0.4, 0.5) is 5.69 Å². The average molecular weight is 264 g/mol. The number of hydrogen-bond acceptors (Lipinski definition) is 3. The van der Waals surface area contributed by atoms with Crippen molar-refractivity contribution in [2.24, 2.45) is 0 Å². The molecule has 2 rings (SSSR count). The van der Waals surface area contributed by atoms with Crippen molar-refractivity contribution in [3.05, 3.63) is 39.8 Å². The Morgan fingerprint density at radius 1 is 1.50 bits per heavy atom. The molecule has 0 unspecified atom stereocenters. The zero-order valence-electron chi connectivity index (χ0n) is 9.69. The number of carboxylic acid groups (broad SMARTS) is 1. The molecule has 0 aromatic carbocycles. The molecule has 0 fully saturated rings. The van der Waals surface area contributed by atoms with Gasteiger partial charge >= 0.3 is 5.97 Å². The lowest BCUT2D eigenvalue weighted by Gasteiger charge is -2.03.